The van der Waals surface area contributed by atoms with E-state index in [0.29, 0.717) is 13.1 Å². The molecule has 1 aliphatic rings. The average molecular weight is 339 g/mol. The topological polar surface area (TPSA) is 62.7 Å². The van der Waals surface area contributed by atoms with Crippen LogP contribution in [-0.2, 0) is 14.3 Å². The third-order valence-corrected chi connectivity index (χ3v) is 4.29. The zero-order valence-corrected chi connectivity index (χ0v) is 14.2. The number of hydrogen-bond acceptors (Lipinski definition) is 6. The number of benzene rings is 1. The van der Waals surface area contributed by atoms with E-state index in [-0.39, 0.29) is 0 Å². The molecule has 1 aliphatic heterocycles. The number of esters is 2. The van der Waals surface area contributed by atoms with Gasteiger partial charge >= 0.3 is 11.9 Å². The molecule has 0 bridgehead atoms. The first-order chi connectivity index (χ1) is 12.1. The van der Waals surface area contributed by atoms with E-state index < -0.39 is 18.0 Å². The summed E-state index contributed by atoms with van der Waals surface area (Å²) in [5.41, 5.74) is 1.96. The molecule has 130 valence electrons. The molecule has 1 saturated heterocycles. The molecule has 0 N–H and O–H groups in total. The normalized spacial score (nSPS) is 16.3. The second-order valence-corrected chi connectivity index (χ2v) is 5.95. The lowest BCUT2D eigenvalue weighted by Crippen LogP contribution is -2.49. The molecule has 2 aromatic rings. The van der Waals surface area contributed by atoms with Crippen LogP contribution in [0.4, 0.5) is 5.69 Å². The average Bonchev–Trinajstić information content (AvgIpc) is 2.63. The first-order valence-corrected chi connectivity index (χ1v) is 8.31. The molecule has 1 unspecified atom stereocenters. The van der Waals surface area contributed by atoms with Crippen LogP contribution in [0, 0.1) is 0 Å². The van der Waals surface area contributed by atoms with Crippen molar-refractivity contribution in [2.45, 2.75) is 13.0 Å². The molecule has 25 heavy (non-hydrogen) atoms. The second-order valence-electron chi connectivity index (χ2n) is 5.95. The molecular formula is C19H21N3O3. The zero-order chi connectivity index (χ0) is 17.6. The lowest BCUT2D eigenvalue weighted by atomic mass is 10.0. The van der Waals surface area contributed by atoms with Crippen molar-refractivity contribution in [3.8, 4) is 0 Å². The van der Waals surface area contributed by atoms with Crippen LogP contribution in [0.1, 0.15) is 18.5 Å². The highest BCUT2D eigenvalue weighted by atomic mass is 16.6. The first kappa shape index (κ1) is 17.1. The molecule has 6 heteroatoms. The largest absolute Gasteiger partial charge is 0.392 e. The van der Waals surface area contributed by atoms with Crippen LogP contribution in [0.5, 0.6) is 0 Å². The number of carbonyl (C=O) groups is 2. The van der Waals surface area contributed by atoms with Crippen molar-refractivity contribution in [3.05, 3.63) is 60.4 Å². The predicted molar refractivity (Wildman–Crippen MR) is 94.0 cm³/mol. The van der Waals surface area contributed by atoms with Gasteiger partial charge in [-0.3, -0.25) is 14.7 Å². The Hall–Kier alpha value is -2.73. The van der Waals surface area contributed by atoms with E-state index in [4.69, 9.17) is 4.74 Å². The van der Waals surface area contributed by atoms with E-state index in [1.54, 1.807) is 12.4 Å². The third-order valence-electron chi connectivity index (χ3n) is 4.29. The minimum atomic E-state index is -0.582. The van der Waals surface area contributed by atoms with Crippen LogP contribution in [0.2, 0.25) is 0 Å². The summed E-state index contributed by atoms with van der Waals surface area (Å²) < 4.78 is 4.89. The number of hydrogen-bond donors (Lipinski definition) is 0. The molecule has 0 radical (unpaired) electrons. The Balaban J connectivity index is 1.74. The monoisotopic (exact) mass is 339 g/mol. The number of nitrogens with zero attached hydrogens (tertiary/aromatic N) is 3. The highest BCUT2D eigenvalue weighted by Crippen LogP contribution is 2.25. The van der Waals surface area contributed by atoms with Gasteiger partial charge in [-0.05, 0) is 17.7 Å². The maximum Gasteiger partial charge on any atom is 0.335 e. The maximum atomic E-state index is 12.5. The molecular weight excluding hydrogens is 318 g/mol. The zero-order valence-electron chi connectivity index (χ0n) is 14.2. The van der Waals surface area contributed by atoms with Gasteiger partial charge in [0.25, 0.3) is 0 Å². The van der Waals surface area contributed by atoms with Gasteiger partial charge in [-0.15, -0.1) is 0 Å². The summed E-state index contributed by atoms with van der Waals surface area (Å²) in [6.45, 7) is 4.24. The Morgan fingerprint density at radius 2 is 1.64 bits per heavy atom. The van der Waals surface area contributed by atoms with Crippen molar-refractivity contribution in [1.82, 2.24) is 9.88 Å². The summed E-state index contributed by atoms with van der Waals surface area (Å²) in [6.07, 6.45) is 3.55. The minimum absolute atomic E-state index is 0.518. The summed E-state index contributed by atoms with van der Waals surface area (Å²) in [5, 5.41) is 0. The lowest BCUT2D eigenvalue weighted by molar-refractivity contribution is -0.162. The first-order valence-electron chi connectivity index (χ1n) is 8.31. The maximum absolute atomic E-state index is 12.5. The minimum Gasteiger partial charge on any atom is -0.392 e. The van der Waals surface area contributed by atoms with Crippen molar-refractivity contribution in [2.24, 2.45) is 0 Å². The smallest absolute Gasteiger partial charge is 0.335 e. The van der Waals surface area contributed by atoms with Crippen LogP contribution < -0.4 is 4.90 Å². The number of aromatic nitrogens is 1. The van der Waals surface area contributed by atoms with Crippen molar-refractivity contribution in [3.63, 3.8) is 0 Å². The van der Waals surface area contributed by atoms with Crippen LogP contribution in [0.15, 0.2) is 54.9 Å². The SMILES string of the molecule is CC(=O)OC(=O)C(c1ccccc1)N1CCN(c2ccncc2)CC1. The molecule has 0 spiro atoms. The van der Waals surface area contributed by atoms with Crippen molar-refractivity contribution < 1.29 is 14.3 Å². The number of pyridine rings is 1. The van der Waals surface area contributed by atoms with Gasteiger partial charge in [0.1, 0.15) is 6.04 Å². The summed E-state index contributed by atoms with van der Waals surface area (Å²) in [7, 11) is 0. The fraction of sp³-hybridized carbons (Fsp3) is 0.316. The predicted octanol–water partition coefficient (Wildman–Crippen LogP) is 2.03. The Morgan fingerprint density at radius 3 is 2.24 bits per heavy atom. The van der Waals surface area contributed by atoms with E-state index >= 15 is 0 Å². The quantitative estimate of drug-likeness (QED) is 0.627. The molecule has 2 heterocycles. The van der Waals surface area contributed by atoms with E-state index in [1.807, 2.05) is 42.5 Å². The number of piperazine rings is 1. The van der Waals surface area contributed by atoms with Crippen LogP contribution >= 0.6 is 0 Å². The highest BCUT2D eigenvalue weighted by Gasteiger charge is 2.32. The van der Waals surface area contributed by atoms with Gasteiger partial charge in [0, 0.05) is 51.2 Å². The summed E-state index contributed by atoms with van der Waals surface area (Å²) in [6, 6.07) is 12.8. The second kappa shape index (κ2) is 7.90. The molecule has 0 amide bonds. The van der Waals surface area contributed by atoms with Gasteiger partial charge in [-0.25, -0.2) is 4.79 Å². The molecule has 6 nitrogen and oxygen atoms in total. The van der Waals surface area contributed by atoms with Gasteiger partial charge in [0.05, 0.1) is 0 Å². The molecule has 0 saturated carbocycles. The lowest BCUT2D eigenvalue weighted by Gasteiger charge is -2.39. The fourth-order valence-electron chi connectivity index (χ4n) is 3.12. The van der Waals surface area contributed by atoms with Crippen LogP contribution in [-0.4, -0.2) is 48.0 Å². The van der Waals surface area contributed by atoms with Gasteiger partial charge in [0.15, 0.2) is 0 Å². The summed E-state index contributed by atoms with van der Waals surface area (Å²) >= 11 is 0. The Kier molecular flexibility index (Phi) is 5.40. The summed E-state index contributed by atoms with van der Waals surface area (Å²) in [5.74, 6) is -1.10. The van der Waals surface area contributed by atoms with E-state index in [1.165, 1.54) is 6.92 Å². The van der Waals surface area contributed by atoms with Crippen molar-refractivity contribution in [1.29, 1.82) is 0 Å². The Morgan fingerprint density at radius 1 is 1.00 bits per heavy atom. The molecule has 0 aliphatic carbocycles. The highest BCUT2D eigenvalue weighted by molar-refractivity contribution is 5.88. The van der Waals surface area contributed by atoms with Gasteiger partial charge in [-0.2, -0.15) is 0 Å². The standard InChI is InChI=1S/C19H21N3O3/c1-15(23)25-19(24)18(16-5-3-2-4-6-16)22-13-11-21(12-14-22)17-7-9-20-10-8-17/h2-10,18H,11-14H2,1H3. The van der Waals surface area contributed by atoms with Crippen molar-refractivity contribution in [2.75, 3.05) is 31.1 Å². The van der Waals surface area contributed by atoms with Crippen LogP contribution in [0.3, 0.4) is 0 Å². The van der Waals surface area contributed by atoms with Gasteiger partial charge < -0.3 is 9.64 Å². The van der Waals surface area contributed by atoms with Gasteiger partial charge in [-0.1, -0.05) is 30.3 Å². The molecule has 1 fully saturated rings. The Labute approximate surface area is 147 Å². The Bertz CT molecular complexity index is 713. The third kappa shape index (κ3) is 4.22. The number of ether oxygens (including phenoxy) is 1. The van der Waals surface area contributed by atoms with E-state index in [9.17, 15) is 9.59 Å². The summed E-state index contributed by atoms with van der Waals surface area (Å²) in [4.78, 5) is 32.1. The van der Waals surface area contributed by atoms with E-state index in [2.05, 4.69) is 14.8 Å². The van der Waals surface area contributed by atoms with E-state index in [0.717, 1.165) is 24.3 Å². The number of rotatable bonds is 4. The molecule has 1 aromatic carbocycles. The number of anilines is 1. The van der Waals surface area contributed by atoms with Gasteiger partial charge in [0.2, 0.25) is 0 Å². The molecule has 1 atom stereocenters. The molecule has 1 aromatic heterocycles. The molecule has 3 rings (SSSR count). The van der Waals surface area contributed by atoms with Crippen molar-refractivity contribution >= 4 is 17.6 Å². The number of carbonyl (C=O) groups excluding carboxylic acids is 2. The fourth-order valence-corrected chi connectivity index (χ4v) is 3.12. The van der Waals surface area contributed by atoms with Crippen LogP contribution in [0.25, 0.3) is 0 Å².